The second-order valence-electron chi connectivity index (χ2n) is 6.01. The summed E-state index contributed by atoms with van der Waals surface area (Å²) in [5.74, 6) is -0.327. The molecule has 0 saturated carbocycles. The van der Waals surface area contributed by atoms with Gasteiger partial charge >= 0.3 is 11.9 Å². The molecule has 4 heteroatoms. The van der Waals surface area contributed by atoms with Gasteiger partial charge < -0.3 is 9.47 Å². The Bertz CT molecular complexity index is 660. The molecular formula is C20H22O4. The van der Waals surface area contributed by atoms with Crippen molar-refractivity contribution in [1.29, 1.82) is 0 Å². The molecule has 24 heavy (non-hydrogen) atoms. The molecule has 0 unspecified atom stereocenters. The van der Waals surface area contributed by atoms with Crippen LogP contribution in [0.2, 0.25) is 0 Å². The number of hydrogen-bond acceptors (Lipinski definition) is 4. The summed E-state index contributed by atoms with van der Waals surface area (Å²) in [6.07, 6.45) is 0.200. The molecule has 0 saturated heterocycles. The summed E-state index contributed by atoms with van der Waals surface area (Å²) in [7, 11) is 0. The molecular weight excluding hydrogens is 304 g/mol. The molecule has 0 aliphatic carbocycles. The van der Waals surface area contributed by atoms with Crippen LogP contribution in [0.4, 0.5) is 0 Å². The van der Waals surface area contributed by atoms with Gasteiger partial charge in [-0.2, -0.15) is 0 Å². The molecule has 0 N–H and O–H groups in total. The number of esters is 2. The van der Waals surface area contributed by atoms with Crippen LogP contribution in [-0.2, 0) is 27.3 Å². The molecule has 2 aromatic carbocycles. The number of ether oxygens (including phenoxy) is 2. The molecule has 0 amide bonds. The predicted molar refractivity (Wildman–Crippen MR) is 91.5 cm³/mol. The van der Waals surface area contributed by atoms with Crippen LogP contribution in [0.1, 0.15) is 35.3 Å². The first-order valence-electron chi connectivity index (χ1n) is 8.00. The van der Waals surface area contributed by atoms with Crippen LogP contribution in [-0.4, -0.2) is 18.5 Å². The third-order valence-electron chi connectivity index (χ3n) is 3.33. The molecule has 0 heterocycles. The summed E-state index contributed by atoms with van der Waals surface area (Å²) in [6.45, 7) is 4.64. The van der Waals surface area contributed by atoms with Crippen molar-refractivity contribution in [2.75, 3.05) is 6.61 Å². The molecule has 2 aromatic rings. The third kappa shape index (κ3) is 5.88. The summed E-state index contributed by atoms with van der Waals surface area (Å²) in [5.41, 5.74) is 2.21. The minimum absolute atomic E-state index is 0.200. The molecule has 0 spiro atoms. The Hall–Kier alpha value is -2.62. The van der Waals surface area contributed by atoms with E-state index in [1.165, 1.54) is 0 Å². The zero-order chi connectivity index (χ0) is 17.4. The Morgan fingerprint density at radius 2 is 1.54 bits per heavy atom. The first-order valence-corrected chi connectivity index (χ1v) is 8.00. The van der Waals surface area contributed by atoms with Gasteiger partial charge in [-0.15, -0.1) is 0 Å². The lowest BCUT2D eigenvalue weighted by Gasteiger charge is -2.08. The first kappa shape index (κ1) is 17.7. The van der Waals surface area contributed by atoms with Crippen LogP contribution < -0.4 is 0 Å². The Morgan fingerprint density at radius 3 is 2.17 bits per heavy atom. The number of carbonyl (C=O) groups is 2. The fourth-order valence-corrected chi connectivity index (χ4v) is 2.04. The maximum absolute atomic E-state index is 12.0. The highest BCUT2D eigenvalue weighted by Crippen LogP contribution is 2.09. The van der Waals surface area contributed by atoms with E-state index >= 15 is 0 Å². The highest BCUT2D eigenvalue weighted by molar-refractivity contribution is 5.89. The van der Waals surface area contributed by atoms with Crippen molar-refractivity contribution in [3.05, 3.63) is 71.3 Å². The maximum Gasteiger partial charge on any atom is 0.338 e. The van der Waals surface area contributed by atoms with E-state index in [0.717, 1.165) is 11.1 Å². The summed E-state index contributed by atoms with van der Waals surface area (Å²) in [4.78, 5) is 23.7. The van der Waals surface area contributed by atoms with Gasteiger partial charge in [0.25, 0.3) is 0 Å². The van der Waals surface area contributed by atoms with Gasteiger partial charge in [0.15, 0.2) is 0 Å². The van der Waals surface area contributed by atoms with Crippen LogP contribution in [0, 0.1) is 5.92 Å². The van der Waals surface area contributed by atoms with Crippen LogP contribution >= 0.6 is 0 Å². The SMILES string of the molecule is CC(C)COC(=O)Cc1ccc(C(=O)OCc2ccccc2)cc1. The second-order valence-corrected chi connectivity index (χ2v) is 6.01. The van der Waals surface area contributed by atoms with E-state index in [2.05, 4.69) is 0 Å². The molecule has 0 aliphatic rings. The highest BCUT2D eigenvalue weighted by atomic mass is 16.5. The normalized spacial score (nSPS) is 10.5. The van der Waals surface area contributed by atoms with Crippen molar-refractivity contribution in [3.8, 4) is 0 Å². The first-order chi connectivity index (χ1) is 11.5. The number of hydrogen-bond donors (Lipinski definition) is 0. The fourth-order valence-electron chi connectivity index (χ4n) is 2.04. The predicted octanol–water partition coefficient (Wildman–Crippen LogP) is 3.79. The number of carbonyl (C=O) groups excluding carboxylic acids is 2. The quantitative estimate of drug-likeness (QED) is 0.727. The van der Waals surface area contributed by atoms with Crippen molar-refractivity contribution in [3.63, 3.8) is 0 Å². The van der Waals surface area contributed by atoms with Crippen molar-refractivity contribution >= 4 is 11.9 Å². The molecule has 0 atom stereocenters. The molecule has 0 bridgehead atoms. The highest BCUT2D eigenvalue weighted by Gasteiger charge is 2.10. The Balaban J connectivity index is 1.84. The van der Waals surface area contributed by atoms with Gasteiger partial charge in [-0.05, 0) is 29.2 Å². The van der Waals surface area contributed by atoms with Crippen molar-refractivity contribution < 1.29 is 19.1 Å². The Morgan fingerprint density at radius 1 is 0.875 bits per heavy atom. The minimum atomic E-state index is -0.382. The van der Waals surface area contributed by atoms with E-state index in [4.69, 9.17) is 9.47 Å². The van der Waals surface area contributed by atoms with Crippen molar-refractivity contribution in [2.24, 2.45) is 5.92 Å². The van der Waals surface area contributed by atoms with Crippen molar-refractivity contribution in [1.82, 2.24) is 0 Å². The van der Waals surface area contributed by atoms with Gasteiger partial charge in [0.05, 0.1) is 18.6 Å². The lowest BCUT2D eigenvalue weighted by molar-refractivity contribution is -0.143. The van der Waals surface area contributed by atoms with E-state index in [1.807, 2.05) is 44.2 Å². The lowest BCUT2D eigenvalue weighted by Crippen LogP contribution is -2.12. The van der Waals surface area contributed by atoms with Crippen LogP contribution in [0.3, 0.4) is 0 Å². The molecule has 2 rings (SSSR count). The molecule has 4 nitrogen and oxygen atoms in total. The average Bonchev–Trinajstić information content (AvgIpc) is 2.59. The molecule has 0 aromatic heterocycles. The second kappa shape index (κ2) is 8.87. The van der Waals surface area contributed by atoms with E-state index < -0.39 is 0 Å². The molecule has 0 fully saturated rings. The van der Waals surface area contributed by atoms with Crippen LogP contribution in [0.25, 0.3) is 0 Å². The fraction of sp³-hybridized carbons (Fsp3) is 0.300. The van der Waals surface area contributed by atoms with Crippen LogP contribution in [0.5, 0.6) is 0 Å². The summed E-state index contributed by atoms with van der Waals surface area (Å²) >= 11 is 0. The third-order valence-corrected chi connectivity index (χ3v) is 3.33. The van der Waals surface area contributed by atoms with Gasteiger partial charge in [0.1, 0.15) is 6.61 Å². The standard InChI is InChI=1S/C20H22O4/c1-15(2)13-23-19(21)12-16-8-10-18(11-9-16)20(22)24-14-17-6-4-3-5-7-17/h3-11,15H,12-14H2,1-2H3. The van der Waals surface area contributed by atoms with Gasteiger partial charge in [-0.25, -0.2) is 4.79 Å². The minimum Gasteiger partial charge on any atom is -0.465 e. The van der Waals surface area contributed by atoms with E-state index in [9.17, 15) is 9.59 Å². The summed E-state index contributed by atoms with van der Waals surface area (Å²) in [5, 5.41) is 0. The van der Waals surface area contributed by atoms with Gasteiger partial charge in [0.2, 0.25) is 0 Å². The summed E-state index contributed by atoms with van der Waals surface area (Å²) in [6, 6.07) is 16.3. The Labute approximate surface area is 142 Å². The van der Waals surface area contributed by atoms with Crippen LogP contribution in [0.15, 0.2) is 54.6 Å². The van der Waals surface area contributed by atoms with E-state index in [-0.39, 0.29) is 25.0 Å². The average molecular weight is 326 g/mol. The Kier molecular flexibility index (Phi) is 6.55. The van der Waals surface area contributed by atoms with Gasteiger partial charge in [-0.1, -0.05) is 56.3 Å². The largest absolute Gasteiger partial charge is 0.465 e. The van der Waals surface area contributed by atoms with Gasteiger partial charge in [0, 0.05) is 0 Å². The zero-order valence-electron chi connectivity index (χ0n) is 14.0. The molecule has 0 aliphatic heterocycles. The van der Waals surface area contributed by atoms with E-state index in [1.54, 1.807) is 24.3 Å². The lowest BCUT2D eigenvalue weighted by atomic mass is 10.1. The summed E-state index contributed by atoms with van der Waals surface area (Å²) < 4.78 is 10.4. The van der Waals surface area contributed by atoms with E-state index in [0.29, 0.717) is 18.1 Å². The topological polar surface area (TPSA) is 52.6 Å². The van der Waals surface area contributed by atoms with Gasteiger partial charge in [-0.3, -0.25) is 4.79 Å². The number of benzene rings is 2. The molecule has 126 valence electrons. The smallest absolute Gasteiger partial charge is 0.338 e. The maximum atomic E-state index is 12.0. The van der Waals surface area contributed by atoms with Crippen molar-refractivity contribution in [2.45, 2.75) is 26.9 Å². The number of rotatable bonds is 7. The molecule has 0 radical (unpaired) electrons. The monoisotopic (exact) mass is 326 g/mol. The zero-order valence-corrected chi connectivity index (χ0v) is 14.0.